The van der Waals surface area contributed by atoms with Crippen LogP contribution in [-0.2, 0) is 52.8 Å². The summed E-state index contributed by atoms with van der Waals surface area (Å²) in [6, 6.07) is 6.98. The number of hydrogen-bond donors (Lipinski definition) is 2. The van der Waals surface area contributed by atoms with E-state index in [1.807, 2.05) is 32.2 Å². The quantitative estimate of drug-likeness (QED) is 0.149. The van der Waals surface area contributed by atoms with E-state index in [-0.39, 0.29) is 50.8 Å². The van der Waals surface area contributed by atoms with Crippen LogP contribution in [0.5, 0.6) is 0 Å². The summed E-state index contributed by atoms with van der Waals surface area (Å²) < 4.78 is 20.0. The molecule has 2 N–H and O–H groups in total. The largest absolute Gasteiger partial charge is 0.464 e. The molecule has 17 nitrogen and oxygen atoms in total. The van der Waals surface area contributed by atoms with Gasteiger partial charge in [0.25, 0.3) is 5.91 Å². The van der Waals surface area contributed by atoms with E-state index in [9.17, 15) is 24.0 Å². The normalized spacial score (nSPS) is 20.4. The van der Waals surface area contributed by atoms with Crippen molar-refractivity contribution in [2.24, 2.45) is 11.3 Å². The summed E-state index contributed by atoms with van der Waals surface area (Å²) >= 11 is 1.39. The summed E-state index contributed by atoms with van der Waals surface area (Å²) in [6.07, 6.45) is 4.93. The first-order chi connectivity index (χ1) is 32.5. The fraction of sp³-hybridized carbons (Fsp3) is 0.540. The molecule has 3 aliphatic rings. The number of hydrogen-bond acceptors (Lipinski definition) is 12. The Hall–Kier alpha value is -5.69. The topological polar surface area (TPSA) is 181 Å². The molecule has 0 saturated carbocycles. The summed E-state index contributed by atoms with van der Waals surface area (Å²) in [7, 11) is 3.23. The molecule has 5 amide bonds. The average molecular weight is 954 g/mol. The van der Waals surface area contributed by atoms with Gasteiger partial charge in [0.15, 0.2) is 0 Å². The van der Waals surface area contributed by atoms with Gasteiger partial charge in [0.05, 0.1) is 48.1 Å². The van der Waals surface area contributed by atoms with Gasteiger partial charge in [-0.1, -0.05) is 40.3 Å². The van der Waals surface area contributed by atoms with Gasteiger partial charge in [-0.15, -0.1) is 11.3 Å². The molecular formula is C50H67N9O8S. The lowest BCUT2D eigenvalue weighted by molar-refractivity contribution is -0.155. The zero-order valence-corrected chi connectivity index (χ0v) is 41.5. The van der Waals surface area contributed by atoms with Crippen molar-refractivity contribution in [1.29, 1.82) is 0 Å². The van der Waals surface area contributed by atoms with Crippen LogP contribution < -0.4 is 10.7 Å². The minimum Gasteiger partial charge on any atom is -0.464 e. The number of carbonyl (C=O) groups excluding carboxylic acids is 5. The van der Waals surface area contributed by atoms with Crippen LogP contribution in [0.2, 0.25) is 0 Å². The second kappa shape index (κ2) is 21.7. The minimum absolute atomic E-state index is 0.00200. The lowest BCUT2D eigenvalue weighted by Crippen LogP contribution is -2.62. The second-order valence-electron chi connectivity index (χ2n) is 19.0. The number of methoxy groups -OCH3 is 1. The minimum atomic E-state index is -1.12. The Morgan fingerprint density at radius 2 is 1.90 bits per heavy atom. The molecule has 1 aromatic carbocycles. The van der Waals surface area contributed by atoms with Gasteiger partial charge in [-0.25, -0.2) is 15.2 Å². The maximum absolute atomic E-state index is 14.7. The molecule has 1 unspecified atom stereocenters. The number of benzene rings is 1. The summed E-state index contributed by atoms with van der Waals surface area (Å²) in [5.41, 5.74) is 9.19. The maximum atomic E-state index is 14.7. The Labute approximate surface area is 403 Å². The molecule has 6 heterocycles. The van der Waals surface area contributed by atoms with Crippen molar-refractivity contribution in [3.05, 3.63) is 70.8 Å². The monoisotopic (exact) mass is 953 g/mol. The highest BCUT2D eigenvalue weighted by Crippen LogP contribution is 2.42. The van der Waals surface area contributed by atoms with Gasteiger partial charge in [0.2, 0.25) is 11.8 Å². The molecule has 0 radical (unpaired) electrons. The molecule has 4 atom stereocenters. The number of urea groups is 1. The highest BCUT2D eigenvalue weighted by Gasteiger charge is 2.39. The molecule has 68 heavy (non-hydrogen) atoms. The number of pyridine rings is 1. The molecule has 3 aromatic heterocycles. The number of esters is 1. The lowest BCUT2D eigenvalue weighted by Gasteiger charge is -2.38. The van der Waals surface area contributed by atoms with Crippen LogP contribution >= 0.6 is 11.3 Å². The number of nitrogens with one attached hydrogen (secondary N) is 2. The van der Waals surface area contributed by atoms with Crippen molar-refractivity contribution in [2.45, 2.75) is 104 Å². The lowest BCUT2D eigenvalue weighted by atomic mass is 9.84. The molecule has 6 bridgehead atoms. The van der Waals surface area contributed by atoms with Gasteiger partial charge in [-0.05, 0) is 81.4 Å². The van der Waals surface area contributed by atoms with Crippen LogP contribution in [0, 0.1) is 11.3 Å². The molecule has 7 rings (SSSR count). The highest BCUT2D eigenvalue weighted by atomic mass is 32.1. The third-order valence-corrected chi connectivity index (χ3v) is 14.0. The molecule has 0 aliphatic carbocycles. The van der Waals surface area contributed by atoms with Crippen molar-refractivity contribution in [3.8, 4) is 22.5 Å². The Bertz CT molecular complexity index is 2500. The van der Waals surface area contributed by atoms with E-state index in [0.29, 0.717) is 56.9 Å². The van der Waals surface area contributed by atoms with E-state index >= 15 is 0 Å². The van der Waals surface area contributed by atoms with Crippen molar-refractivity contribution in [1.82, 2.24) is 45.0 Å². The molecular weight excluding hydrogens is 887 g/mol. The van der Waals surface area contributed by atoms with Crippen LogP contribution in [0.4, 0.5) is 4.79 Å². The predicted molar refractivity (Wildman–Crippen MR) is 260 cm³/mol. The number of thiazole rings is 1. The van der Waals surface area contributed by atoms with Crippen molar-refractivity contribution < 1.29 is 38.2 Å². The van der Waals surface area contributed by atoms with Gasteiger partial charge >= 0.3 is 12.0 Å². The Morgan fingerprint density at radius 1 is 1.10 bits per heavy atom. The Balaban J connectivity index is 1.26. The number of ether oxygens (including phenoxy) is 3. The van der Waals surface area contributed by atoms with Crippen LogP contribution in [0.3, 0.4) is 0 Å². The number of nitrogens with zero attached hydrogens (tertiary/aromatic N) is 7. The van der Waals surface area contributed by atoms with Crippen molar-refractivity contribution in [2.75, 3.05) is 60.3 Å². The number of likely N-dealkylation sites (N-methyl/N-ethyl adjacent to an activating group) is 1. The summed E-state index contributed by atoms with van der Waals surface area (Å²) in [5, 5.41) is 8.04. The standard InChI is InChI=1S/C50H67N9O8S/c1-10-42(60)56-20-14-23-66-24-22-57(30-56)49(64)55(8)44(31(3)4)46(61)53-38-26-41-52-39(28-68-41)33-17-18-40-35(25-33)36(45(58(40)11-2)34-15-12-19-51-43(34)32(5)65-9)27-50(6,7)29-67-48(63)37-16-13-21-59(54-37)47(38)62/h10,12,15,17-19,25,28,31-32,37-38,44,54H,1,11,13-14,16,20-24,26-27,29-30H2,2-9H3,(H,53,61)/t32-,37-,38-,44?/m0/s1. The highest BCUT2D eigenvalue weighted by molar-refractivity contribution is 7.10. The number of cyclic esters (lactones) is 1. The van der Waals surface area contributed by atoms with Crippen LogP contribution in [0.1, 0.15) is 83.2 Å². The molecule has 3 aliphatic heterocycles. The number of fused-ring (bicyclic) bond motifs is 6. The zero-order valence-electron chi connectivity index (χ0n) is 40.7. The SMILES string of the molecule is C=CC(=O)N1CCCOCCN(C(=O)N(C)C(C(=O)N[C@H]2Cc3nc(cs3)-c3ccc4c(c3)c(c(-c3cccnc3[C@H](C)OC)n4CC)CC(C)(C)COC(=O)[C@@H]3CCCN(N3)C2=O)C(C)C)C1. The number of hydrazine groups is 1. The predicted octanol–water partition coefficient (Wildman–Crippen LogP) is 5.97. The van der Waals surface area contributed by atoms with Crippen LogP contribution in [0.15, 0.2) is 54.6 Å². The van der Waals surface area contributed by atoms with Gasteiger partial charge in [-0.2, -0.15) is 0 Å². The zero-order chi connectivity index (χ0) is 48.9. The van der Waals surface area contributed by atoms with Crippen molar-refractivity contribution >= 4 is 52.0 Å². The molecule has 18 heteroatoms. The Morgan fingerprint density at radius 3 is 2.63 bits per heavy atom. The first-order valence-corrected chi connectivity index (χ1v) is 24.6. The van der Waals surface area contributed by atoms with E-state index < -0.39 is 47.4 Å². The van der Waals surface area contributed by atoms with Crippen LogP contribution in [0.25, 0.3) is 33.4 Å². The van der Waals surface area contributed by atoms with Gasteiger partial charge < -0.3 is 38.8 Å². The van der Waals surface area contributed by atoms with Crippen LogP contribution in [-0.4, -0.2) is 142 Å². The summed E-state index contributed by atoms with van der Waals surface area (Å²) in [4.78, 5) is 84.5. The fourth-order valence-electron chi connectivity index (χ4n) is 9.54. The third-order valence-electron chi connectivity index (χ3n) is 13.1. The molecule has 2 saturated heterocycles. The summed E-state index contributed by atoms with van der Waals surface area (Å²) in [6.45, 7) is 18.0. The smallest absolute Gasteiger partial charge is 0.324 e. The molecule has 4 aromatic rings. The number of aromatic nitrogens is 3. The van der Waals surface area contributed by atoms with Gasteiger partial charge in [-0.3, -0.25) is 29.2 Å². The first-order valence-electron chi connectivity index (χ1n) is 23.7. The van der Waals surface area contributed by atoms with E-state index in [1.54, 1.807) is 20.4 Å². The average Bonchev–Trinajstić information content (AvgIpc) is 3.96. The number of amides is 5. The Kier molecular flexibility index (Phi) is 16.0. The van der Waals surface area contributed by atoms with Crippen molar-refractivity contribution in [3.63, 3.8) is 0 Å². The molecule has 0 spiro atoms. The molecule has 366 valence electrons. The summed E-state index contributed by atoms with van der Waals surface area (Å²) in [5.74, 6) is -2.14. The number of aryl methyl sites for hydroxylation is 1. The molecule has 2 fully saturated rings. The van der Waals surface area contributed by atoms with E-state index in [0.717, 1.165) is 44.7 Å². The number of rotatable bonds is 9. The fourth-order valence-corrected chi connectivity index (χ4v) is 10.4. The van der Waals surface area contributed by atoms with Gasteiger partial charge in [0, 0.05) is 92.4 Å². The van der Waals surface area contributed by atoms with Gasteiger partial charge in [0.1, 0.15) is 18.1 Å². The third kappa shape index (κ3) is 10.9. The number of carbonyl (C=O) groups is 5. The second-order valence-corrected chi connectivity index (χ2v) is 20.0. The maximum Gasteiger partial charge on any atom is 0.324 e. The van der Waals surface area contributed by atoms with E-state index in [1.165, 1.54) is 37.1 Å². The first kappa shape index (κ1) is 50.2. The van der Waals surface area contributed by atoms with E-state index in [4.69, 9.17) is 24.2 Å². The van der Waals surface area contributed by atoms with E-state index in [2.05, 4.69) is 66.9 Å².